The van der Waals surface area contributed by atoms with E-state index in [1.165, 1.54) is 23.1 Å². The van der Waals surface area contributed by atoms with Crippen LogP contribution in [-0.2, 0) is 15.7 Å². The minimum absolute atomic E-state index is 0.298. The Morgan fingerprint density at radius 3 is 2.50 bits per heavy atom. The summed E-state index contributed by atoms with van der Waals surface area (Å²) in [5.74, 6) is -0.553. The Kier molecular flexibility index (Phi) is 5.73. The van der Waals surface area contributed by atoms with E-state index in [1.807, 2.05) is 0 Å². The van der Waals surface area contributed by atoms with Gasteiger partial charge in [-0.05, 0) is 12.1 Å². The molecule has 1 heterocycles. The van der Waals surface area contributed by atoms with Gasteiger partial charge < -0.3 is 15.4 Å². The van der Waals surface area contributed by atoms with Gasteiger partial charge in [-0.15, -0.1) is 0 Å². The second-order valence-electron chi connectivity index (χ2n) is 4.88. The first-order chi connectivity index (χ1) is 11.3. The average Bonchev–Trinajstić information content (AvgIpc) is 2.55. The Morgan fingerprint density at radius 1 is 1.29 bits per heavy atom. The quantitative estimate of drug-likeness (QED) is 0.485. The summed E-state index contributed by atoms with van der Waals surface area (Å²) in [4.78, 5) is 13.5. The number of ether oxygens (including phenoxy) is 1. The van der Waals surface area contributed by atoms with Crippen LogP contribution in [0.15, 0.2) is 29.4 Å². The van der Waals surface area contributed by atoms with Crippen LogP contribution in [0.3, 0.4) is 0 Å². The zero-order valence-corrected chi connectivity index (χ0v) is 13.3. The van der Waals surface area contributed by atoms with Gasteiger partial charge in [-0.2, -0.15) is 18.3 Å². The number of hydrazone groups is 1. The molecule has 24 heavy (non-hydrogen) atoms. The maximum Gasteiger partial charge on any atom is 0.418 e. The lowest BCUT2D eigenvalue weighted by Crippen LogP contribution is -2.47. The molecule has 3 N–H and O–H groups in total. The number of carbonyl (C=O) groups excluding carboxylic acids is 1. The van der Waals surface area contributed by atoms with Crippen molar-refractivity contribution in [3.8, 4) is 0 Å². The predicted octanol–water partition coefficient (Wildman–Crippen LogP) is 1.62. The maximum atomic E-state index is 13.0. The fourth-order valence-electron chi connectivity index (χ4n) is 2.07. The third-order valence-electron chi connectivity index (χ3n) is 3.25. The van der Waals surface area contributed by atoms with Gasteiger partial charge in [-0.25, -0.2) is 0 Å². The van der Waals surface area contributed by atoms with Crippen LogP contribution in [0.2, 0.25) is 0 Å². The summed E-state index contributed by atoms with van der Waals surface area (Å²) < 4.78 is 44.0. The number of anilines is 1. The number of rotatable bonds is 4. The SMILES string of the molecule is NC(=S)C(=NNc1ccccc1C(F)(F)F)C(=O)N1CCOCC1. The summed E-state index contributed by atoms with van der Waals surface area (Å²) in [6.45, 7) is 1.39. The van der Waals surface area contributed by atoms with Crippen LogP contribution in [0.4, 0.5) is 18.9 Å². The van der Waals surface area contributed by atoms with Gasteiger partial charge in [0.2, 0.25) is 0 Å². The number of thiocarbonyl (C=S) groups is 1. The molecule has 1 fully saturated rings. The fourth-order valence-corrected chi connectivity index (χ4v) is 2.20. The molecule has 0 atom stereocenters. The molecule has 0 aliphatic carbocycles. The molecule has 2 rings (SSSR count). The minimum atomic E-state index is -4.56. The highest BCUT2D eigenvalue weighted by molar-refractivity contribution is 7.82. The largest absolute Gasteiger partial charge is 0.418 e. The van der Waals surface area contributed by atoms with Gasteiger partial charge >= 0.3 is 6.18 Å². The van der Waals surface area contributed by atoms with Crippen LogP contribution in [0.25, 0.3) is 0 Å². The lowest BCUT2D eigenvalue weighted by molar-refractivity contribution is -0.137. The molecule has 0 unspecified atom stereocenters. The summed E-state index contributed by atoms with van der Waals surface area (Å²) in [5, 5.41) is 3.71. The van der Waals surface area contributed by atoms with Crippen molar-refractivity contribution in [2.75, 3.05) is 31.7 Å². The van der Waals surface area contributed by atoms with E-state index in [9.17, 15) is 18.0 Å². The van der Waals surface area contributed by atoms with Crippen molar-refractivity contribution in [1.82, 2.24) is 4.90 Å². The third kappa shape index (κ3) is 4.42. The number of nitrogens with one attached hydrogen (secondary N) is 1. The van der Waals surface area contributed by atoms with Crippen molar-refractivity contribution in [3.63, 3.8) is 0 Å². The van der Waals surface area contributed by atoms with Gasteiger partial charge in [-0.3, -0.25) is 10.2 Å². The molecule has 6 nitrogen and oxygen atoms in total. The number of morpholine rings is 1. The highest BCUT2D eigenvalue weighted by atomic mass is 32.1. The second kappa shape index (κ2) is 7.58. The number of para-hydroxylation sites is 1. The number of hydrogen-bond acceptors (Lipinski definition) is 5. The number of carbonyl (C=O) groups is 1. The average molecular weight is 360 g/mol. The van der Waals surface area contributed by atoms with Crippen molar-refractivity contribution in [1.29, 1.82) is 0 Å². The lowest BCUT2D eigenvalue weighted by atomic mass is 10.2. The molecule has 1 saturated heterocycles. The lowest BCUT2D eigenvalue weighted by Gasteiger charge is -2.27. The van der Waals surface area contributed by atoms with Crippen LogP contribution >= 0.6 is 12.2 Å². The molecule has 0 aromatic heterocycles. The Bertz CT molecular complexity index is 658. The van der Waals surface area contributed by atoms with Crippen LogP contribution in [0.5, 0.6) is 0 Å². The molecule has 1 aromatic carbocycles. The highest BCUT2D eigenvalue weighted by Crippen LogP contribution is 2.34. The molecule has 1 aliphatic heterocycles. The number of benzene rings is 1. The molecule has 1 amide bonds. The molecular weight excluding hydrogens is 345 g/mol. The molecular formula is C14H15F3N4O2S. The number of nitrogens with two attached hydrogens (primary N) is 1. The van der Waals surface area contributed by atoms with E-state index in [1.54, 1.807) is 0 Å². The van der Waals surface area contributed by atoms with Gasteiger partial charge in [0, 0.05) is 13.1 Å². The number of amides is 1. The third-order valence-corrected chi connectivity index (χ3v) is 3.45. The smallest absolute Gasteiger partial charge is 0.388 e. The fraction of sp³-hybridized carbons (Fsp3) is 0.357. The van der Waals surface area contributed by atoms with E-state index in [2.05, 4.69) is 10.5 Å². The zero-order valence-electron chi connectivity index (χ0n) is 12.5. The first-order valence-corrected chi connectivity index (χ1v) is 7.38. The normalized spacial score (nSPS) is 16.0. The number of alkyl halides is 3. The number of halogens is 3. The van der Waals surface area contributed by atoms with Crippen molar-refractivity contribution in [3.05, 3.63) is 29.8 Å². The van der Waals surface area contributed by atoms with E-state index in [0.29, 0.717) is 26.3 Å². The van der Waals surface area contributed by atoms with Crippen molar-refractivity contribution in [2.24, 2.45) is 10.8 Å². The van der Waals surface area contributed by atoms with Gasteiger partial charge in [-0.1, -0.05) is 24.4 Å². The standard InChI is InChI=1S/C14H15F3N4O2S/c15-14(16,17)9-3-1-2-4-10(9)19-20-11(12(18)24)13(22)21-5-7-23-8-6-21/h1-4,19H,5-8H2,(H2,18,24). The molecule has 10 heteroatoms. The summed E-state index contributed by atoms with van der Waals surface area (Å²) in [6.07, 6.45) is -4.56. The maximum absolute atomic E-state index is 13.0. The van der Waals surface area contributed by atoms with E-state index in [0.717, 1.165) is 6.07 Å². The van der Waals surface area contributed by atoms with Gasteiger partial charge in [0.05, 0.1) is 24.5 Å². The van der Waals surface area contributed by atoms with Gasteiger partial charge in [0.15, 0.2) is 5.71 Å². The minimum Gasteiger partial charge on any atom is -0.388 e. The van der Waals surface area contributed by atoms with Gasteiger partial charge in [0.1, 0.15) is 4.99 Å². The second-order valence-corrected chi connectivity index (χ2v) is 5.32. The Hall–Kier alpha value is -2.20. The summed E-state index contributed by atoms with van der Waals surface area (Å²) >= 11 is 4.79. The first-order valence-electron chi connectivity index (χ1n) is 6.97. The summed E-state index contributed by atoms with van der Waals surface area (Å²) in [7, 11) is 0. The van der Waals surface area contributed by atoms with Gasteiger partial charge in [0.25, 0.3) is 5.91 Å². The Morgan fingerprint density at radius 2 is 1.92 bits per heavy atom. The van der Waals surface area contributed by atoms with Crippen molar-refractivity contribution >= 4 is 34.5 Å². The van der Waals surface area contributed by atoms with Crippen LogP contribution in [0, 0.1) is 0 Å². The number of hydrogen-bond donors (Lipinski definition) is 2. The monoisotopic (exact) mass is 360 g/mol. The van der Waals surface area contributed by atoms with E-state index < -0.39 is 17.6 Å². The number of nitrogens with zero attached hydrogens (tertiary/aromatic N) is 2. The summed E-state index contributed by atoms with van der Waals surface area (Å²) in [5.41, 5.74) is 6.23. The molecule has 1 aliphatic rings. The predicted molar refractivity (Wildman–Crippen MR) is 86.7 cm³/mol. The van der Waals surface area contributed by atoms with E-state index in [4.69, 9.17) is 22.7 Å². The Labute approximate surface area is 141 Å². The first kappa shape index (κ1) is 18.1. The molecule has 0 spiro atoms. The van der Waals surface area contributed by atoms with Crippen LogP contribution in [-0.4, -0.2) is 47.8 Å². The van der Waals surface area contributed by atoms with Crippen molar-refractivity contribution in [2.45, 2.75) is 6.18 Å². The highest BCUT2D eigenvalue weighted by Gasteiger charge is 2.33. The van der Waals surface area contributed by atoms with Crippen LogP contribution < -0.4 is 11.2 Å². The van der Waals surface area contributed by atoms with Crippen LogP contribution in [0.1, 0.15) is 5.56 Å². The molecule has 0 radical (unpaired) electrons. The molecule has 1 aromatic rings. The molecule has 0 saturated carbocycles. The molecule has 0 bridgehead atoms. The Balaban J connectivity index is 2.24. The van der Waals surface area contributed by atoms with E-state index in [-0.39, 0.29) is 16.4 Å². The summed E-state index contributed by atoms with van der Waals surface area (Å²) in [6, 6.07) is 4.77. The zero-order chi connectivity index (χ0) is 17.7. The van der Waals surface area contributed by atoms with E-state index >= 15 is 0 Å². The van der Waals surface area contributed by atoms with Crippen molar-refractivity contribution < 1.29 is 22.7 Å². The topological polar surface area (TPSA) is 79.9 Å². The molecule has 130 valence electrons.